The fraction of sp³-hybridized carbons (Fsp3) is 0.765. The number of thiocarbonyl (C=S) groups is 1. The van der Waals surface area contributed by atoms with Gasteiger partial charge in [0, 0.05) is 11.6 Å². The zero-order valence-electron chi connectivity index (χ0n) is 13.2. The van der Waals surface area contributed by atoms with Gasteiger partial charge < -0.3 is 5.32 Å². The van der Waals surface area contributed by atoms with Crippen molar-refractivity contribution >= 4 is 22.9 Å². The van der Waals surface area contributed by atoms with Gasteiger partial charge >= 0.3 is 0 Å². The lowest BCUT2D eigenvalue weighted by Crippen LogP contribution is -2.30. The molecule has 0 spiro atoms. The van der Waals surface area contributed by atoms with Crippen LogP contribution in [0.25, 0.3) is 0 Å². The molecule has 0 aromatic heterocycles. The molecule has 20 heavy (non-hydrogen) atoms. The molecule has 2 atom stereocenters. The lowest BCUT2D eigenvalue weighted by molar-refractivity contribution is 0.590. The standard InChI is InChI=1S/C17H28N2S/c1-4-6-10-15-16(19-17(20)12(3)5-2)13-9-7-8-11-14(13)18-15/h12,15,18H,4-11H2,1-3H3. The first-order valence-electron chi connectivity index (χ1n) is 8.28. The number of aliphatic imine (C=N–C) groups is 1. The predicted molar refractivity (Wildman–Crippen MR) is 91.4 cm³/mol. The molecular formula is C17H28N2S. The third kappa shape index (κ3) is 3.49. The first-order chi connectivity index (χ1) is 9.67. The summed E-state index contributed by atoms with van der Waals surface area (Å²) in [5.74, 6) is 0.414. The fourth-order valence-electron chi connectivity index (χ4n) is 3.00. The highest BCUT2D eigenvalue weighted by molar-refractivity contribution is 7.80. The summed E-state index contributed by atoms with van der Waals surface area (Å²) in [6.45, 7) is 6.62. The third-order valence-electron chi connectivity index (χ3n) is 4.57. The van der Waals surface area contributed by atoms with Crippen molar-refractivity contribution in [3.05, 3.63) is 11.3 Å². The van der Waals surface area contributed by atoms with Crippen molar-refractivity contribution in [2.75, 3.05) is 0 Å². The molecule has 0 saturated carbocycles. The van der Waals surface area contributed by atoms with Gasteiger partial charge in [0.15, 0.2) is 0 Å². The number of unbranched alkanes of at least 4 members (excludes halogenated alkanes) is 1. The monoisotopic (exact) mass is 292 g/mol. The number of hydrogen-bond donors (Lipinski definition) is 1. The van der Waals surface area contributed by atoms with Gasteiger partial charge in [-0.15, -0.1) is 0 Å². The van der Waals surface area contributed by atoms with E-state index in [1.165, 1.54) is 61.9 Å². The Hall–Kier alpha value is -0.700. The first kappa shape index (κ1) is 15.7. The zero-order valence-corrected chi connectivity index (χ0v) is 14.0. The smallest absolute Gasteiger partial charge is 0.106 e. The number of nitrogens with one attached hydrogen (secondary N) is 1. The summed E-state index contributed by atoms with van der Waals surface area (Å²) in [7, 11) is 0. The molecule has 2 rings (SSSR count). The maximum absolute atomic E-state index is 5.53. The van der Waals surface area contributed by atoms with Gasteiger partial charge in [0.25, 0.3) is 0 Å². The van der Waals surface area contributed by atoms with Gasteiger partial charge in [-0.25, -0.2) is 4.99 Å². The van der Waals surface area contributed by atoms with Crippen LogP contribution in [0.5, 0.6) is 0 Å². The molecule has 0 radical (unpaired) electrons. The van der Waals surface area contributed by atoms with Crippen molar-refractivity contribution in [3.63, 3.8) is 0 Å². The van der Waals surface area contributed by atoms with Gasteiger partial charge in [-0.1, -0.05) is 45.8 Å². The minimum Gasteiger partial charge on any atom is -0.380 e. The van der Waals surface area contributed by atoms with Crippen molar-refractivity contribution in [1.29, 1.82) is 0 Å². The Morgan fingerprint density at radius 1 is 1.35 bits per heavy atom. The fourth-order valence-corrected chi connectivity index (χ4v) is 3.27. The SMILES string of the molecule is CCCCC1NC2=C(CCCC2)C1=NC(=S)C(C)CC. The van der Waals surface area contributed by atoms with Crippen LogP contribution >= 0.6 is 12.2 Å². The molecule has 1 aliphatic heterocycles. The Kier molecular flexibility index (Phi) is 5.76. The van der Waals surface area contributed by atoms with Gasteiger partial charge in [0.05, 0.1) is 11.8 Å². The van der Waals surface area contributed by atoms with E-state index in [1.54, 1.807) is 0 Å². The van der Waals surface area contributed by atoms with E-state index < -0.39 is 0 Å². The van der Waals surface area contributed by atoms with E-state index >= 15 is 0 Å². The van der Waals surface area contributed by atoms with Gasteiger partial charge in [-0.3, -0.25) is 0 Å². The number of allylic oxidation sites excluding steroid dienone is 1. The van der Waals surface area contributed by atoms with Crippen LogP contribution in [-0.2, 0) is 0 Å². The maximum atomic E-state index is 5.53. The predicted octanol–water partition coefficient (Wildman–Crippen LogP) is 4.79. The van der Waals surface area contributed by atoms with Gasteiger partial charge in [-0.05, 0) is 44.1 Å². The Morgan fingerprint density at radius 2 is 2.10 bits per heavy atom. The van der Waals surface area contributed by atoms with Crippen LogP contribution in [0.4, 0.5) is 0 Å². The minimum absolute atomic E-state index is 0.414. The van der Waals surface area contributed by atoms with Crippen molar-refractivity contribution in [1.82, 2.24) is 5.32 Å². The summed E-state index contributed by atoms with van der Waals surface area (Å²) in [6.07, 6.45) is 9.77. The van der Waals surface area contributed by atoms with E-state index in [2.05, 4.69) is 26.1 Å². The maximum Gasteiger partial charge on any atom is 0.106 e. The van der Waals surface area contributed by atoms with Crippen LogP contribution in [0.3, 0.4) is 0 Å². The topological polar surface area (TPSA) is 24.4 Å². The molecule has 112 valence electrons. The summed E-state index contributed by atoms with van der Waals surface area (Å²) >= 11 is 5.53. The molecule has 0 aromatic rings. The van der Waals surface area contributed by atoms with E-state index in [9.17, 15) is 0 Å². The normalized spacial score (nSPS) is 25.6. The zero-order chi connectivity index (χ0) is 14.5. The van der Waals surface area contributed by atoms with E-state index in [0.717, 1.165) is 11.4 Å². The van der Waals surface area contributed by atoms with Gasteiger partial charge in [-0.2, -0.15) is 0 Å². The number of rotatable bonds is 5. The molecule has 2 unspecified atom stereocenters. The summed E-state index contributed by atoms with van der Waals surface area (Å²) in [6, 6.07) is 0.417. The molecule has 1 aliphatic carbocycles. The molecule has 0 amide bonds. The molecule has 1 N–H and O–H groups in total. The van der Waals surface area contributed by atoms with Crippen molar-refractivity contribution in [2.24, 2.45) is 10.9 Å². The quantitative estimate of drug-likeness (QED) is 0.737. The average Bonchev–Trinajstić information content (AvgIpc) is 2.82. The highest BCUT2D eigenvalue weighted by atomic mass is 32.1. The molecule has 0 aromatic carbocycles. The van der Waals surface area contributed by atoms with Crippen molar-refractivity contribution in [3.8, 4) is 0 Å². The Bertz CT molecular complexity index is 423. The molecule has 2 nitrogen and oxygen atoms in total. The Labute approximate surface area is 129 Å². The van der Waals surface area contributed by atoms with Gasteiger partial charge in [0.1, 0.15) is 4.99 Å². The molecule has 0 saturated heterocycles. The second kappa shape index (κ2) is 7.35. The molecule has 1 heterocycles. The van der Waals surface area contributed by atoms with Gasteiger partial charge in [0.2, 0.25) is 0 Å². The first-order valence-corrected chi connectivity index (χ1v) is 8.69. The molecule has 3 heteroatoms. The summed E-state index contributed by atoms with van der Waals surface area (Å²) in [5.41, 5.74) is 4.23. The van der Waals surface area contributed by atoms with Crippen LogP contribution in [0.2, 0.25) is 0 Å². The summed E-state index contributed by atoms with van der Waals surface area (Å²) in [5, 5.41) is 3.73. The Balaban J connectivity index is 2.20. The summed E-state index contributed by atoms with van der Waals surface area (Å²) < 4.78 is 0. The minimum atomic E-state index is 0.414. The third-order valence-corrected chi connectivity index (χ3v) is 5.06. The molecule has 2 aliphatic rings. The van der Waals surface area contributed by atoms with Crippen molar-refractivity contribution in [2.45, 2.75) is 78.2 Å². The number of hydrogen-bond acceptors (Lipinski definition) is 2. The van der Waals surface area contributed by atoms with Crippen molar-refractivity contribution < 1.29 is 0 Å². The number of nitrogens with zero attached hydrogens (tertiary/aromatic N) is 1. The van der Waals surface area contributed by atoms with E-state index in [1.807, 2.05) is 0 Å². The van der Waals surface area contributed by atoms with Crippen LogP contribution < -0.4 is 5.32 Å². The highest BCUT2D eigenvalue weighted by Gasteiger charge is 2.31. The highest BCUT2D eigenvalue weighted by Crippen LogP contribution is 2.32. The largest absolute Gasteiger partial charge is 0.380 e. The molecule has 0 bridgehead atoms. The van der Waals surface area contributed by atoms with E-state index in [4.69, 9.17) is 17.2 Å². The average molecular weight is 292 g/mol. The van der Waals surface area contributed by atoms with Crippen LogP contribution in [0, 0.1) is 5.92 Å². The van der Waals surface area contributed by atoms with E-state index in [0.29, 0.717) is 12.0 Å². The Morgan fingerprint density at radius 3 is 2.80 bits per heavy atom. The van der Waals surface area contributed by atoms with Crippen LogP contribution in [0.1, 0.15) is 72.1 Å². The second-order valence-electron chi connectivity index (χ2n) is 6.15. The lowest BCUT2D eigenvalue weighted by Gasteiger charge is -2.15. The van der Waals surface area contributed by atoms with Crippen LogP contribution in [-0.4, -0.2) is 16.7 Å². The molecule has 0 fully saturated rings. The summed E-state index contributed by atoms with van der Waals surface area (Å²) in [4.78, 5) is 5.79. The lowest BCUT2D eigenvalue weighted by atomic mass is 9.93. The van der Waals surface area contributed by atoms with E-state index in [-0.39, 0.29) is 0 Å². The second-order valence-corrected chi connectivity index (χ2v) is 6.57. The van der Waals surface area contributed by atoms with Crippen LogP contribution in [0.15, 0.2) is 16.3 Å². The molecular weight excluding hydrogens is 264 g/mol.